The van der Waals surface area contributed by atoms with E-state index in [2.05, 4.69) is 78.9 Å². The molecule has 2 aromatic heterocycles. The first-order chi connectivity index (χ1) is 16.1. The Bertz CT molecular complexity index is 1120. The van der Waals surface area contributed by atoms with Crippen LogP contribution in [0.3, 0.4) is 0 Å². The monoisotopic (exact) mass is 458 g/mol. The van der Waals surface area contributed by atoms with Crippen LogP contribution >= 0.6 is 11.8 Å². The molecule has 1 aromatic carbocycles. The summed E-state index contributed by atoms with van der Waals surface area (Å²) in [6.45, 7) is 6.13. The molecule has 7 heteroatoms. The van der Waals surface area contributed by atoms with Gasteiger partial charge in [0.05, 0.1) is 12.0 Å². The summed E-state index contributed by atoms with van der Waals surface area (Å²) in [5.74, 6) is 1.74. The maximum Gasteiger partial charge on any atom is 0.153 e. The van der Waals surface area contributed by atoms with Crippen LogP contribution < -0.4 is 10.2 Å². The Morgan fingerprint density at radius 1 is 1.03 bits per heavy atom. The van der Waals surface area contributed by atoms with E-state index in [-0.39, 0.29) is 0 Å². The molecule has 1 aliphatic heterocycles. The first-order valence-corrected chi connectivity index (χ1v) is 12.4. The number of hydrogen-bond donors (Lipinski definition) is 1. The number of piperazine rings is 1. The highest BCUT2D eigenvalue weighted by Crippen LogP contribution is 2.25. The fourth-order valence-electron chi connectivity index (χ4n) is 3.72. The van der Waals surface area contributed by atoms with Crippen molar-refractivity contribution in [2.24, 2.45) is 4.99 Å². The summed E-state index contributed by atoms with van der Waals surface area (Å²) in [5.41, 5.74) is 5.41. The molecule has 3 aromatic rings. The molecule has 0 saturated carbocycles. The highest BCUT2D eigenvalue weighted by atomic mass is 32.2. The maximum atomic E-state index is 4.61. The molecule has 3 heterocycles. The van der Waals surface area contributed by atoms with Crippen molar-refractivity contribution in [1.29, 1.82) is 0 Å². The Morgan fingerprint density at radius 2 is 1.82 bits per heavy atom. The van der Waals surface area contributed by atoms with Gasteiger partial charge in [-0.25, -0.2) is 15.0 Å². The summed E-state index contributed by atoms with van der Waals surface area (Å²) >= 11 is 1.65. The van der Waals surface area contributed by atoms with Gasteiger partial charge in [0.2, 0.25) is 0 Å². The lowest BCUT2D eigenvalue weighted by Crippen LogP contribution is -2.44. The molecule has 0 bridgehead atoms. The van der Waals surface area contributed by atoms with E-state index in [4.69, 9.17) is 0 Å². The number of pyridine rings is 2. The Morgan fingerprint density at radius 3 is 2.55 bits per heavy atom. The normalized spacial score (nSPS) is 15.2. The summed E-state index contributed by atoms with van der Waals surface area (Å²) in [6, 6.07) is 18.7. The summed E-state index contributed by atoms with van der Waals surface area (Å²) in [4.78, 5) is 18.2. The Labute approximate surface area is 200 Å². The predicted molar refractivity (Wildman–Crippen MR) is 141 cm³/mol. The van der Waals surface area contributed by atoms with E-state index in [9.17, 15) is 0 Å². The molecule has 1 fully saturated rings. The largest absolute Gasteiger partial charge is 0.354 e. The van der Waals surface area contributed by atoms with Crippen molar-refractivity contribution in [2.75, 3.05) is 44.4 Å². The minimum Gasteiger partial charge on any atom is -0.354 e. The fraction of sp³-hybridized carbons (Fsp3) is 0.269. The lowest BCUT2D eigenvalue weighted by molar-refractivity contribution is 0.312. The van der Waals surface area contributed by atoms with Gasteiger partial charge >= 0.3 is 0 Å². The van der Waals surface area contributed by atoms with Gasteiger partial charge in [-0.15, -0.1) is 11.8 Å². The second-order valence-electron chi connectivity index (χ2n) is 8.08. The van der Waals surface area contributed by atoms with E-state index >= 15 is 0 Å². The van der Waals surface area contributed by atoms with Gasteiger partial charge in [-0.1, -0.05) is 30.3 Å². The molecule has 1 aliphatic rings. The Balaban J connectivity index is 1.47. The number of nitrogens with one attached hydrogen (secondary N) is 1. The summed E-state index contributed by atoms with van der Waals surface area (Å²) in [7, 11) is 2.17. The van der Waals surface area contributed by atoms with E-state index in [1.165, 1.54) is 11.1 Å². The van der Waals surface area contributed by atoms with Gasteiger partial charge in [0.15, 0.2) is 5.82 Å². The van der Waals surface area contributed by atoms with E-state index in [0.717, 1.165) is 49.0 Å². The standard InChI is InChI=1S/C26H30N6S/c1-20-5-4-6-25(30-20)29-19-28-24(18-33-3)22-9-7-21(8-10-22)23-11-12-27-26(17-23)32-15-13-31(2)14-16-32/h4-12,17-19H,13-16H2,1-3H3,(H,28,29,30)/b24-18-. The van der Waals surface area contributed by atoms with E-state index in [1.54, 1.807) is 18.1 Å². The zero-order chi connectivity index (χ0) is 23.0. The minimum absolute atomic E-state index is 0.690. The van der Waals surface area contributed by atoms with Crippen LogP contribution in [0.15, 0.2) is 71.2 Å². The van der Waals surface area contributed by atoms with Crippen LogP contribution in [0.2, 0.25) is 0 Å². The van der Waals surface area contributed by atoms with Crippen molar-refractivity contribution >= 4 is 35.4 Å². The van der Waals surface area contributed by atoms with Gasteiger partial charge in [-0.3, -0.25) is 0 Å². The van der Waals surface area contributed by atoms with Crippen molar-refractivity contribution in [3.63, 3.8) is 0 Å². The first kappa shape index (κ1) is 23.0. The third kappa shape index (κ3) is 6.21. The van der Waals surface area contributed by atoms with Gasteiger partial charge < -0.3 is 15.1 Å². The van der Waals surface area contributed by atoms with Crippen LogP contribution in [0.25, 0.3) is 16.8 Å². The number of anilines is 1. The lowest BCUT2D eigenvalue weighted by Gasteiger charge is -2.33. The molecule has 0 unspecified atom stereocenters. The molecule has 0 amide bonds. The average Bonchev–Trinajstić information content (AvgIpc) is 2.84. The lowest BCUT2D eigenvalue weighted by atomic mass is 10.0. The number of aromatic nitrogens is 2. The Hall–Kier alpha value is -3.16. The molecule has 6 nitrogen and oxygen atoms in total. The quantitative estimate of drug-likeness (QED) is 0.405. The molecule has 0 aliphatic carbocycles. The van der Waals surface area contributed by atoms with Crippen LogP contribution in [0.1, 0.15) is 11.3 Å². The summed E-state index contributed by atoms with van der Waals surface area (Å²) < 4.78 is 0. The van der Waals surface area contributed by atoms with Crippen molar-refractivity contribution in [1.82, 2.24) is 20.2 Å². The molecule has 1 N–H and O–H groups in total. The van der Waals surface area contributed by atoms with Crippen LogP contribution in [0.5, 0.6) is 0 Å². The number of nitrogens with zero attached hydrogens (tertiary/aromatic N) is 5. The molecule has 170 valence electrons. The number of rotatable bonds is 7. The molecule has 0 spiro atoms. The SMILES string of the molecule is CS/C=C(\N/C=N/c1cccc(C)n1)c1ccc(-c2ccnc(N3CCN(C)CC3)c2)cc1. The van der Waals surface area contributed by atoms with Gasteiger partial charge in [-0.2, -0.15) is 0 Å². The van der Waals surface area contributed by atoms with Crippen LogP contribution in [0, 0.1) is 6.92 Å². The number of likely N-dealkylation sites (N-methyl/N-ethyl adjacent to an activating group) is 1. The van der Waals surface area contributed by atoms with Gasteiger partial charge in [-0.05, 0) is 66.6 Å². The van der Waals surface area contributed by atoms with Gasteiger partial charge in [0.25, 0.3) is 0 Å². The number of benzene rings is 1. The van der Waals surface area contributed by atoms with Crippen molar-refractivity contribution in [2.45, 2.75) is 6.92 Å². The van der Waals surface area contributed by atoms with Crippen molar-refractivity contribution in [3.8, 4) is 11.1 Å². The minimum atomic E-state index is 0.690. The van der Waals surface area contributed by atoms with E-state index in [1.807, 2.05) is 37.6 Å². The predicted octanol–water partition coefficient (Wildman–Crippen LogP) is 4.81. The fourth-order valence-corrected chi connectivity index (χ4v) is 4.16. The van der Waals surface area contributed by atoms with E-state index < -0.39 is 0 Å². The van der Waals surface area contributed by atoms with Gasteiger partial charge in [0.1, 0.15) is 5.82 Å². The van der Waals surface area contributed by atoms with Crippen LogP contribution in [-0.2, 0) is 0 Å². The number of aliphatic imine (C=N–C) groups is 1. The number of aryl methyl sites for hydroxylation is 1. The highest BCUT2D eigenvalue weighted by Gasteiger charge is 2.15. The number of hydrogen-bond acceptors (Lipinski definition) is 6. The molecule has 4 rings (SSSR count). The second-order valence-corrected chi connectivity index (χ2v) is 8.78. The topological polar surface area (TPSA) is 56.7 Å². The first-order valence-electron chi connectivity index (χ1n) is 11.1. The third-order valence-corrected chi connectivity index (χ3v) is 6.10. The Kier molecular flexibility index (Phi) is 7.75. The zero-order valence-corrected chi connectivity index (χ0v) is 20.2. The van der Waals surface area contributed by atoms with Crippen molar-refractivity contribution in [3.05, 3.63) is 77.5 Å². The molecular weight excluding hydrogens is 428 g/mol. The van der Waals surface area contributed by atoms with Crippen molar-refractivity contribution < 1.29 is 0 Å². The molecule has 1 saturated heterocycles. The molecule has 33 heavy (non-hydrogen) atoms. The van der Waals surface area contributed by atoms with Gasteiger partial charge in [0, 0.05) is 38.1 Å². The summed E-state index contributed by atoms with van der Waals surface area (Å²) in [5, 5.41) is 5.39. The molecule has 0 radical (unpaired) electrons. The number of thioether (sulfide) groups is 1. The molecule has 0 atom stereocenters. The van der Waals surface area contributed by atoms with E-state index in [0.29, 0.717) is 5.82 Å². The third-order valence-electron chi connectivity index (χ3n) is 5.63. The smallest absolute Gasteiger partial charge is 0.153 e. The summed E-state index contributed by atoms with van der Waals surface area (Å²) in [6.07, 6.45) is 5.66. The second kappa shape index (κ2) is 11.1. The zero-order valence-electron chi connectivity index (χ0n) is 19.4. The maximum absolute atomic E-state index is 4.61. The highest BCUT2D eigenvalue weighted by molar-refractivity contribution is 8.01. The molecular formula is C26H30N6S. The van der Waals surface area contributed by atoms with Crippen LogP contribution in [0.4, 0.5) is 11.6 Å². The van der Waals surface area contributed by atoms with Crippen LogP contribution in [-0.4, -0.2) is 60.7 Å². The average molecular weight is 459 g/mol.